The summed E-state index contributed by atoms with van der Waals surface area (Å²) in [6.45, 7) is 3.71. The fourth-order valence-corrected chi connectivity index (χ4v) is 5.13. The van der Waals surface area contributed by atoms with E-state index >= 15 is 0 Å². The fourth-order valence-electron chi connectivity index (χ4n) is 4.29. The second kappa shape index (κ2) is 6.33. The van der Waals surface area contributed by atoms with Crippen LogP contribution in [-0.2, 0) is 9.53 Å². The number of carbonyl (C=O) groups is 1. The van der Waals surface area contributed by atoms with Crippen LogP contribution in [0.2, 0.25) is 0 Å². The van der Waals surface area contributed by atoms with Gasteiger partial charge in [-0.05, 0) is 43.7 Å². The number of rotatable bonds is 3. The Bertz CT molecular complexity index is 790. The zero-order valence-electron chi connectivity index (χ0n) is 14.4. The lowest BCUT2D eigenvalue weighted by molar-refractivity contribution is -0.148. The summed E-state index contributed by atoms with van der Waals surface area (Å²) in [5.74, 6) is 0.946. The Balaban J connectivity index is 1.56. The molecule has 1 aromatic heterocycles. The predicted octanol–water partition coefficient (Wildman–Crippen LogP) is 3.46. The van der Waals surface area contributed by atoms with Crippen LogP contribution >= 0.6 is 11.3 Å². The Hall–Kier alpha value is -2.08. The summed E-state index contributed by atoms with van der Waals surface area (Å²) in [5, 5.41) is 13.1. The summed E-state index contributed by atoms with van der Waals surface area (Å²) >= 11 is 1.60. The molecule has 5 nitrogen and oxygen atoms in total. The van der Waals surface area contributed by atoms with Crippen LogP contribution in [0, 0.1) is 24.7 Å². The number of benzene rings is 1. The van der Waals surface area contributed by atoms with Gasteiger partial charge in [-0.15, -0.1) is 11.3 Å². The molecule has 6 heteroatoms. The molecule has 2 atom stereocenters. The number of carbonyl (C=O) groups excluding carboxylic acids is 1. The highest BCUT2D eigenvalue weighted by Gasteiger charge is 2.46. The van der Waals surface area contributed by atoms with E-state index in [1.807, 2.05) is 24.4 Å². The molecule has 1 saturated heterocycles. The van der Waals surface area contributed by atoms with Crippen molar-refractivity contribution in [2.45, 2.75) is 19.8 Å². The van der Waals surface area contributed by atoms with Crippen LogP contribution in [-0.4, -0.2) is 36.3 Å². The first kappa shape index (κ1) is 16.4. The van der Waals surface area contributed by atoms with E-state index in [-0.39, 0.29) is 17.6 Å². The van der Waals surface area contributed by atoms with Crippen molar-refractivity contribution >= 4 is 22.4 Å². The number of aryl methyl sites for hydroxylation is 1. The van der Waals surface area contributed by atoms with Gasteiger partial charge < -0.3 is 14.7 Å². The van der Waals surface area contributed by atoms with E-state index in [9.17, 15) is 9.90 Å². The van der Waals surface area contributed by atoms with E-state index in [2.05, 4.69) is 4.90 Å². The first-order valence-electron chi connectivity index (χ1n) is 8.65. The third-order valence-corrected chi connectivity index (χ3v) is 6.40. The van der Waals surface area contributed by atoms with Crippen molar-refractivity contribution in [3.05, 3.63) is 29.1 Å². The van der Waals surface area contributed by atoms with Gasteiger partial charge in [0.05, 0.1) is 18.7 Å². The molecule has 2 fully saturated rings. The standard InChI is InChI=1S/C19H22N2O3S/c1-11-3-6-16(22)14(7-11)15-10-25-19(20-15)21-8-12-4-5-13(9-21)17(12)18(23)24-2/h3,6-7,10,12-13,17,22H,4-5,8-9H2,1-2H3. The number of aromatic hydroxyl groups is 1. The molecule has 132 valence electrons. The third kappa shape index (κ3) is 2.88. The Morgan fingerprint density at radius 2 is 2.04 bits per heavy atom. The molecule has 2 bridgehead atoms. The molecular weight excluding hydrogens is 336 g/mol. The minimum atomic E-state index is -0.0586. The molecule has 2 aliphatic rings. The van der Waals surface area contributed by atoms with Gasteiger partial charge in [-0.1, -0.05) is 11.6 Å². The van der Waals surface area contributed by atoms with Crippen LogP contribution in [0.3, 0.4) is 0 Å². The van der Waals surface area contributed by atoms with Crippen LogP contribution in [0.25, 0.3) is 11.3 Å². The van der Waals surface area contributed by atoms with E-state index in [4.69, 9.17) is 9.72 Å². The SMILES string of the molecule is COC(=O)C1C2CCC1CN(c1nc(-c3cc(C)ccc3O)cs1)C2. The van der Waals surface area contributed by atoms with E-state index in [0.717, 1.165) is 47.9 Å². The largest absolute Gasteiger partial charge is 0.507 e. The second-order valence-corrected chi connectivity index (χ2v) is 7.92. The zero-order chi connectivity index (χ0) is 17.6. The summed E-state index contributed by atoms with van der Waals surface area (Å²) in [6.07, 6.45) is 2.16. The molecule has 1 aromatic carbocycles. The molecule has 0 radical (unpaired) electrons. The van der Waals surface area contributed by atoms with Crippen LogP contribution < -0.4 is 4.90 Å². The Labute approximate surface area is 151 Å². The molecule has 0 amide bonds. The van der Waals surface area contributed by atoms with Gasteiger partial charge in [0.25, 0.3) is 0 Å². The maximum Gasteiger partial charge on any atom is 0.309 e. The molecule has 0 spiro atoms. The Kier molecular flexibility index (Phi) is 4.15. The number of phenols is 1. The number of aromatic nitrogens is 1. The van der Waals surface area contributed by atoms with Crippen LogP contribution in [0.5, 0.6) is 5.75 Å². The molecule has 2 heterocycles. The number of fused-ring (bicyclic) bond motifs is 2. The molecule has 2 aromatic rings. The maximum atomic E-state index is 12.0. The molecule has 1 saturated carbocycles. The summed E-state index contributed by atoms with van der Waals surface area (Å²) in [4.78, 5) is 19.1. The highest BCUT2D eigenvalue weighted by Crippen LogP contribution is 2.44. The number of anilines is 1. The topological polar surface area (TPSA) is 62.7 Å². The van der Waals surface area contributed by atoms with Gasteiger partial charge in [0.15, 0.2) is 5.13 Å². The average Bonchev–Trinajstić information content (AvgIpc) is 3.19. The molecule has 1 N–H and O–H groups in total. The number of thiazole rings is 1. The fraction of sp³-hybridized carbons (Fsp3) is 0.474. The number of hydrogen-bond acceptors (Lipinski definition) is 6. The number of hydrogen-bond donors (Lipinski definition) is 1. The first-order chi connectivity index (χ1) is 12.1. The zero-order valence-corrected chi connectivity index (χ0v) is 15.3. The van der Waals surface area contributed by atoms with Gasteiger partial charge in [-0.25, -0.2) is 4.98 Å². The normalized spacial score (nSPS) is 25.2. The quantitative estimate of drug-likeness (QED) is 0.852. The van der Waals surface area contributed by atoms with Crippen LogP contribution in [0.1, 0.15) is 18.4 Å². The van der Waals surface area contributed by atoms with Crippen molar-refractivity contribution in [3.63, 3.8) is 0 Å². The predicted molar refractivity (Wildman–Crippen MR) is 97.9 cm³/mol. The monoisotopic (exact) mass is 358 g/mol. The Morgan fingerprint density at radius 1 is 1.32 bits per heavy atom. The van der Waals surface area contributed by atoms with Crippen molar-refractivity contribution in [2.24, 2.45) is 17.8 Å². The highest BCUT2D eigenvalue weighted by molar-refractivity contribution is 7.14. The summed E-state index contributed by atoms with van der Waals surface area (Å²) in [7, 11) is 1.48. The first-order valence-corrected chi connectivity index (χ1v) is 9.53. The number of methoxy groups -OCH3 is 1. The molecule has 4 rings (SSSR count). The molecule has 25 heavy (non-hydrogen) atoms. The smallest absolute Gasteiger partial charge is 0.309 e. The minimum Gasteiger partial charge on any atom is -0.507 e. The van der Waals surface area contributed by atoms with Crippen molar-refractivity contribution in [1.82, 2.24) is 4.98 Å². The third-order valence-electron chi connectivity index (χ3n) is 5.50. The van der Waals surface area contributed by atoms with Crippen molar-refractivity contribution in [3.8, 4) is 17.0 Å². The van der Waals surface area contributed by atoms with Crippen LogP contribution in [0.15, 0.2) is 23.6 Å². The van der Waals surface area contributed by atoms with Gasteiger partial charge in [-0.2, -0.15) is 0 Å². The van der Waals surface area contributed by atoms with E-state index in [1.165, 1.54) is 7.11 Å². The van der Waals surface area contributed by atoms with Crippen molar-refractivity contribution < 1.29 is 14.6 Å². The lowest BCUT2D eigenvalue weighted by Crippen LogP contribution is -2.45. The van der Waals surface area contributed by atoms with Crippen molar-refractivity contribution in [2.75, 3.05) is 25.1 Å². The lowest BCUT2D eigenvalue weighted by Gasteiger charge is -2.36. The number of ether oxygens (including phenoxy) is 1. The second-order valence-electron chi connectivity index (χ2n) is 7.09. The molecular formula is C19H22N2O3S. The number of nitrogens with zero attached hydrogens (tertiary/aromatic N) is 2. The summed E-state index contributed by atoms with van der Waals surface area (Å²) in [6, 6.07) is 5.56. The number of phenolic OH excluding ortho intramolecular Hbond substituents is 1. The lowest BCUT2D eigenvalue weighted by atomic mass is 9.85. The van der Waals surface area contributed by atoms with E-state index < -0.39 is 0 Å². The molecule has 1 aliphatic heterocycles. The van der Waals surface area contributed by atoms with E-state index in [0.29, 0.717) is 11.8 Å². The molecule has 2 unspecified atom stereocenters. The van der Waals surface area contributed by atoms with Gasteiger partial charge in [-0.3, -0.25) is 4.79 Å². The highest BCUT2D eigenvalue weighted by atomic mass is 32.1. The van der Waals surface area contributed by atoms with Crippen LogP contribution in [0.4, 0.5) is 5.13 Å². The summed E-state index contributed by atoms with van der Waals surface area (Å²) in [5.41, 5.74) is 2.68. The van der Waals surface area contributed by atoms with Gasteiger partial charge in [0.2, 0.25) is 0 Å². The summed E-state index contributed by atoms with van der Waals surface area (Å²) < 4.78 is 5.00. The number of piperidine rings is 1. The minimum absolute atomic E-state index is 0.0431. The van der Waals surface area contributed by atoms with Gasteiger partial charge >= 0.3 is 5.97 Å². The van der Waals surface area contributed by atoms with Gasteiger partial charge in [0, 0.05) is 24.0 Å². The Morgan fingerprint density at radius 3 is 2.72 bits per heavy atom. The molecule has 1 aliphatic carbocycles. The maximum absolute atomic E-state index is 12.0. The van der Waals surface area contributed by atoms with Gasteiger partial charge in [0.1, 0.15) is 5.75 Å². The average molecular weight is 358 g/mol. The van der Waals surface area contributed by atoms with E-state index in [1.54, 1.807) is 17.4 Å². The number of esters is 1. The van der Waals surface area contributed by atoms with Crippen molar-refractivity contribution in [1.29, 1.82) is 0 Å².